The van der Waals surface area contributed by atoms with Crippen molar-refractivity contribution in [2.75, 3.05) is 23.4 Å². The summed E-state index contributed by atoms with van der Waals surface area (Å²) in [5.41, 5.74) is 1.80. The quantitative estimate of drug-likeness (QED) is 0.500. The van der Waals surface area contributed by atoms with Crippen molar-refractivity contribution in [1.82, 2.24) is 0 Å². The van der Waals surface area contributed by atoms with E-state index in [9.17, 15) is 9.59 Å². The Balaban J connectivity index is 1.71. The Bertz CT molecular complexity index is 817. The number of nitrogens with one attached hydrogen (secondary N) is 1. The number of hydrogen-bond donors (Lipinski definition) is 1. The van der Waals surface area contributed by atoms with Crippen molar-refractivity contribution >= 4 is 41.1 Å². The molecular formula is C20H20N2O3S2. The Kier molecular flexibility index (Phi) is 8.75. The lowest BCUT2D eigenvalue weighted by Crippen LogP contribution is -2.21. The Morgan fingerprint density at radius 1 is 1.11 bits per heavy atom. The van der Waals surface area contributed by atoms with E-state index in [1.807, 2.05) is 49.4 Å². The molecule has 1 amide bonds. The number of nitriles is 1. The van der Waals surface area contributed by atoms with E-state index in [1.165, 1.54) is 17.3 Å². The molecular weight excluding hydrogens is 380 g/mol. The van der Waals surface area contributed by atoms with E-state index >= 15 is 0 Å². The van der Waals surface area contributed by atoms with E-state index in [1.54, 1.807) is 23.9 Å². The van der Waals surface area contributed by atoms with Crippen LogP contribution in [0.25, 0.3) is 0 Å². The molecule has 5 nitrogen and oxygen atoms in total. The largest absolute Gasteiger partial charge is 0.456 e. The smallest absolute Gasteiger partial charge is 0.307 e. The molecule has 140 valence electrons. The predicted molar refractivity (Wildman–Crippen MR) is 109 cm³/mol. The third kappa shape index (κ3) is 7.77. The highest BCUT2D eigenvalue weighted by atomic mass is 32.2. The van der Waals surface area contributed by atoms with Crippen LogP contribution in [0.2, 0.25) is 0 Å². The fourth-order valence-corrected chi connectivity index (χ4v) is 3.60. The van der Waals surface area contributed by atoms with Gasteiger partial charge in [-0.2, -0.15) is 5.26 Å². The first-order chi connectivity index (χ1) is 13.1. The Morgan fingerprint density at radius 2 is 1.85 bits per heavy atom. The first-order valence-electron chi connectivity index (χ1n) is 8.32. The molecule has 0 radical (unpaired) electrons. The zero-order valence-corrected chi connectivity index (χ0v) is 16.6. The number of hydrogen-bond acceptors (Lipinski definition) is 6. The van der Waals surface area contributed by atoms with Crippen LogP contribution in [0.1, 0.15) is 12.0 Å². The van der Waals surface area contributed by atoms with Gasteiger partial charge in [0.25, 0.3) is 5.91 Å². The maximum absolute atomic E-state index is 12.0. The fourth-order valence-electron chi connectivity index (χ4n) is 2.10. The second kappa shape index (κ2) is 11.3. The number of benzene rings is 2. The fraction of sp³-hybridized carbons (Fsp3) is 0.250. The first kappa shape index (κ1) is 20.9. The van der Waals surface area contributed by atoms with E-state index in [0.29, 0.717) is 17.2 Å². The van der Waals surface area contributed by atoms with Crippen molar-refractivity contribution in [3.8, 4) is 6.07 Å². The van der Waals surface area contributed by atoms with Crippen LogP contribution in [0.4, 0.5) is 5.69 Å². The van der Waals surface area contributed by atoms with Crippen molar-refractivity contribution in [3.63, 3.8) is 0 Å². The predicted octanol–water partition coefficient (Wildman–Crippen LogP) is 4.27. The Morgan fingerprint density at radius 3 is 2.59 bits per heavy atom. The molecule has 0 bridgehead atoms. The third-order valence-corrected chi connectivity index (χ3v) is 5.37. The van der Waals surface area contributed by atoms with Crippen molar-refractivity contribution in [2.24, 2.45) is 0 Å². The highest BCUT2D eigenvalue weighted by Gasteiger charge is 2.10. The van der Waals surface area contributed by atoms with Crippen molar-refractivity contribution in [2.45, 2.75) is 23.1 Å². The second-order valence-electron chi connectivity index (χ2n) is 5.56. The lowest BCUT2D eigenvalue weighted by Gasteiger charge is -2.10. The summed E-state index contributed by atoms with van der Waals surface area (Å²) >= 11 is 2.91. The number of para-hydroxylation sites is 1. The normalized spacial score (nSPS) is 10.1. The van der Waals surface area contributed by atoms with Gasteiger partial charge in [0.15, 0.2) is 6.61 Å². The van der Waals surface area contributed by atoms with Gasteiger partial charge in [0, 0.05) is 15.5 Å². The number of ether oxygens (including phenoxy) is 1. The van der Waals surface area contributed by atoms with Crippen LogP contribution >= 0.6 is 23.5 Å². The topological polar surface area (TPSA) is 79.2 Å². The lowest BCUT2D eigenvalue weighted by molar-refractivity contribution is -0.146. The maximum Gasteiger partial charge on any atom is 0.307 e. The number of aryl methyl sites for hydroxylation is 1. The molecule has 2 aromatic rings. The minimum Gasteiger partial charge on any atom is -0.456 e. The van der Waals surface area contributed by atoms with Crippen molar-refractivity contribution in [3.05, 3.63) is 54.1 Å². The van der Waals surface area contributed by atoms with E-state index in [2.05, 4.69) is 5.32 Å². The van der Waals surface area contributed by atoms with Crippen LogP contribution in [0.5, 0.6) is 0 Å². The molecule has 0 aliphatic rings. The molecule has 7 heteroatoms. The zero-order chi connectivity index (χ0) is 19.5. The molecule has 1 N–H and O–H groups in total. The van der Waals surface area contributed by atoms with Gasteiger partial charge < -0.3 is 10.1 Å². The summed E-state index contributed by atoms with van der Waals surface area (Å²) < 4.78 is 5.03. The molecule has 2 rings (SSSR count). The molecule has 0 spiro atoms. The van der Waals surface area contributed by atoms with E-state index in [-0.39, 0.29) is 13.0 Å². The van der Waals surface area contributed by atoms with Gasteiger partial charge in [0.05, 0.1) is 23.9 Å². The van der Waals surface area contributed by atoms with Gasteiger partial charge in [-0.15, -0.1) is 23.5 Å². The second-order valence-corrected chi connectivity index (χ2v) is 7.75. The third-order valence-electron chi connectivity index (χ3n) is 3.41. The summed E-state index contributed by atoms with van der Waals surface area (Å²) in [6.07, 6.45) is 0.237. The summed E-state index contributed by atoms with van der Waals surface area (Å²) in [5, 5.41) is 11.4. The van der Waals surface area contributed by atoms with Gasteiger partial charge in [-0.25, -0.2) is 0 Å². The number of nitrogens with zero attached hydrogens (tertiary/aromatic N) is 1. The zero-order valence-electron chi connectivity index (χ0n) is 14.9. The molecule has 0 atom stereocenters. The summed E-state index contributed by atoms with van der Waals surface area (Å²) in [6.45, 7) is 1.70. The van der Waals surface area contributed by atoms with Crippen molar-refractivity contribution < 1.29 is 14.3 Å². The first-order valence-corrected chi connectivity index (χ1v) is 10.3. The number of esters is 1. The van der Waals surface area contributed by atoms with Gasteiger partial charge in [0.2, 0.25) is 0 Å². The minimum atomic E-state index is -0.406. The summed E-state index contributed by atoms with van der Waals surface area (Å²) in [6, 6.07) is 17.3. The molecule has 0 aliphatic carbocycles. The van der Waals surface area contributed by atoms with E-state index < -0.39 is 11.9 Å². The SMILES string of the molecule is Cc1ccc(SCCC(=O)OCC(=O)Nc2ccccc2SCC#N)cc1. The van der Waals surface area contributed by atoms with Gasteiger partial charge >= 0.3 is 5.97 Å². The highest BCUT2D eigenvalue weighted by Crippen LogP contribution is 2.26. The lowest BCUT2D eigenvalue weighted by atomic mass is 10.2. The van der Waals surface area contributed by atoms with Crippen LogP contribution in [0, 0.1) is 18.3 Å². The van der Waals surface area contributed by atoms with Gasteiger partial charge in [-0.3, -0.25) is 9.59 Å². The summed E-state index contributed by atoms with van der Waals surface area (Å²) in [5.74, 6) is 0.0777. The Hall–Kier alpha value is -2.43. The van der Waals surface area contributed by atoms with Gasteiger partial charge in [-0.1, -0.05) is 29.8 Å². The monoisotopic (exact) mass is 400 g/mol. The number of carbonyl (C=O) groups is 2. The van der Waals surface area contributed by atoms with Crippen molar-refractivity contribution in [1.29, 1.82) is 5.26 Å². The molecule has 0 fully saturated rings. The molecule has 0 saturated heterocycles. The molecule has 27 heavy (non-hydrogen) atoms. The van der Waals surface area contributed by atoms with Crippen LogP contribution < -0.4 is 5.32 Å². The summed E-state index contributed by atoms with van der Waals surface area (Å²) in [4.78, 5) is 25.7. The molecule has 0 saturated carbocycles. The van der Waals surface area contributed by atoms with E-state index in [4.69, 9.17) is 10.00 Å². The Labute approximate surface area is 167 Å². The molecule has 2 aromatic carbocycles. The van der Waals surface area contributed by atoms with Crippen LogP contribution in [0.3, 0.4) is 0 Å². The summed E-state index contributed by atoms with van der Waals surface area (Å²) in [7, 11) is 0. The number of amides is 1. The number of anilines is 1. The molecule has 0 unspecified atom stereocenters. The van der Waals surface area contributed by atoms with Crippen LogP contribution in [0.15, 0.2) is 58.3 Å². The number of thioether (sulfide) groups is 2. The van der Waals surface area contributed by atoms with Crippen LogP contribution in [-0.4, -0.2) is 30.0 Å². The molecule has 0 aromatic heterocycles. The average Bonchev–Trinajstić information content (AvgIpc) is 2.67. The van der Waals surface area contributed by atoms with Crippen LogP contribution in [-0.2, 0) is 14.3 Å². The van der Waals surface area contributed by atoms with Gasteiger partial charge in [-0.05, 0) is 31.2 Å². The highest BCUT2D eigenvalue weighted by molar-refractivity contribution is 7.99. The number of rotatable bonds is 9. The standard InChI is InChI=1S/C20H20N2O3S2/c1-15-6-8-16(9-7-15)26-12-10-20(24)25-14-19(23)22-17-4-2-3-5-18(17)27-13-11-21/h2-9H,10,12-14H2,1H3,(H,22,23). The van der Waals surface area contributed by atoms with E-state index in [0.717, 1.165) is 9.79 Å². The minimum absolute atomic E-state index is 0.237. The average molecular weight is 401 g/mol. The van der Waals surface area contributed by atoms with Gasteiger partial charge in [0.1, 0.15) is 0 Å². The molecule has 0 heterocycles. The maximum atomic E-state index is 12.0. The number of carbonyl (C=O) groups excluding carboxylic acids is 2. The molecule has 0 aliphatic heterocycles.